The fourth-order valence-electron chi connectivity index (χ4n) is 4.48. The molecule has 3 heteroatoms. The molecule has 23 heavy (non-hydrogen) atoms. The Hall–Kier alpha value is -0.800. The molecule has 1 aliphatic heterocycles. The third-order valence-electron chi connectivity index (χ3n) is 5.67. The van der Waals surface area contributed by atoms with Crippen molar-refractivity contribution in [2.24, 2.45) is 11.8 Å². The summed E-state index contributed by atoms with van der Waals surface area (Å²) >= 11 is 0. The van der Waals surface area contributed by atoms with Crippen molar-refractivity contribution >= 4 is 0 Å². The highest BCUT2D eigenvalue weighted by Crippen LogP contribution is 2.33. The van der Waals surface area contributed by atoms with Crippen molar-refractivity contribution in [2.75, 3.05) is 46.8 Å². The predicted octanol–water partition coefficient (Wildman–Crippen LogP) is 3.45. The predicted molar refractivity (Wildman–Crippen MR) is 101 cm³/mol. The van der Waals surface area contributed by atoms with E-state index in [9.17, 15) is 0 Å². The van der Waals surface area contributed by atoms with Gasteiger partial charge in [0, 0.05) is 37.9 Å². The van der Waals surface area contributed by atoms with Gasteiger partial charge in [-0.15, -0.1) is 6.58 Å². The molecule has 1 heterocycles. The largest absolute Gasteiger partial charge is 0.374 e. The molecular weight excluding hydrogens is 282 g/mol. The van der Waals surface area contributed by atoms with E-state index in [4.69, 9.17) is 0 Å². The maximum absolute atomic E-state index is 4.30. The Kier molecular flexibility index (Phi) is 7.16. The summed E-state index contributed by atoms with van der Waals surface area (Å²) in [6, 6.07) is 0.613. The van der Waals surface area contributed by atoms with Gasteiger partial charge in [-0.3, -0.25) is 4.90 Å². The van der Waals surface area contributed by atoms with Crippen molar-refractivity contribution in [3.63, 3.8) is 0 Å². The van der Waals surface area contributed by atoms with Crippen LogP contribution < -0.4 is 0 Å². The number of hydrogen-bond donors (Lipinski definition) is 0. The molecule has 0 radical (unpaired) electrons. The monoisotopic (exact) mass is 319 g/mol. The zero-order valence-electron chi connectivity index (χ0n) is 15.6. The summed E-state index contributed by atoms with van der Waals surface area (Å²) in [4.78, 5) is 7.39. The van der Waals surface area contributed by atoms with Gasteiger partial charge >= 0.3 is 0 Å². The topological polar surface area (TPSA) is 9.72 Å². The van der Waals surface area contributed by atoms with Crippen molar-refractivity contribution in [2.45, 2.75) is 45.1 Å². The Balaban J connectivity index is 1.85. The number of nitrogens with zero attached hydrogens (tertiary/aromatic N) is 3. The van der Waals surface area contributed by atoms with E-state index in [0.717, 1.165) is 31.5 Å². The Morgan fingerprint density at radius 2 is 1.96 bits per heavy atom. The summed E-state index contributed by atoms with van der Waals surface area (Å²) in [5.41, 5.74) is 1.26. The first-order chi connectivity index (χ1) is 11.0. The summed E-state index contributed by atoms with van der Waals surface area (Å²) in [6.45, 7) is 16.4. The molecule has 2 fully saturated rings. The second-order valence-corrected chi connectivity index (χ2v) is 7.76. The van der Waals surface area contributed by atoms with Gasteiger partial charge in [0.15, 0.2) is 0 Å². The molecule has 3 nitrogen and oxygen atoms in total. The molecule has 0 N–H and O–H groups in total. The Labute approximate surface area is 144 Å². The average molecular weight is 320 g/mol. The number of likely N-dealkylation sites (N-methyl/N-ethyl adjacent to an activating group) is 2. The van der Waals surface area contributed by atoms with Crippen LogP contribution in [-0.2, 0) is 0 Å². The van der Waals surface area contributed by atoms with Crippen LogP contribution in [0.25, 0.3) is 0 Å². The van der Waals surface area contributed by atoms with E-state index in [0.29, 0.717) is 6.04 Å². The quantitative estimate of drug-likeness (QED) is 0.603. The smallest absolute Gasteiger partial charge is 0.0371 e. The second-order valence-electron chi connectivity index (χ2n) is 7.76. The Morgan fingerprint density at radius 1 is 1.26 bits per heavy atom. The highest BCUT2D eigenvalue weighted by Gasteiger charge is 2.33. The lowest BCUT2D eigenvalue weighted by molar-refractivity contribution is 0.199. The van der Waals surface area contributed by atoms with Crippen LogP contribution >= 0.6 is 0 Å². The molecule has 0 aromatic heterocycles. The zero-order chi connectivity index (χ0) is 16.8. The molecular formula is C20H37N3. The van der Waals surface area contributed by atoms with Crippen LogP contribution in [0, 0.1) is 11.8 Å². The number of hydrogen-bond acceptors (Lipinski definition) is 3. The summed E-state index contributed by atoms with van der Waals surface area (Å²) < 4.78 is 0. The molecule has 0 aromatic rings. The van der Waals surface area contributed by atoms with Gasteiger partial charge in [0.1, 0.15) is 0 Å². The van der Waals surface area contributed by atoms with Crippen molar-refractivity contribution < 1.29 is 0 Å². The molecule has 132 valence electrons. The normalized spacial score (nSPS) is 24.3. The lowest BCUT2D eigenvalue weighted by atomic mass is 9.97. The van der Waals surface area contributed by atoms with Crippen LogP contribution in [0.1, 0.15) is 39.0 Å². The van der Waals surface area contributed by atoms with Crippen LogP contribution in [0.5, 0.6) is 0 Å². The molecule has 2 unspecified atom stereocenters. The fourth-order valence-corrected chi connectivity index (χ4v) is 4.48. The highest BCUT2D eigenvalue weighted by atomic mass is 15.2. The Bertz CT molecular complexity index is 384. The number of likely N-dealkylation sites (tertiary alicyclic amines) is 1. The van der Waals surface area contributed by atoms with Crippen molar-refractivity contribution in [1.82, 2.24) is 14.7 Å². The van der Waals surface area contributed by atoms with Gasteiger partial charge < -0.3 is 9.80 Å². The van der Waals surface area contributed by atoms with Gasteiger partial charge in [-0.05, 0) is 58.7 Å². The first-order valence-electron chi connectivity index (χ1n) is 9.49. The van der Waals surface area contributed by atoms with Gasteiger partial charge in [-0.1, -0.05) is 25.5 Å². The first kappa shape index (κ1) is 18.5. The first-order valence-corrected chi connectivity index (χ1v) is 9.49. The van der Waals surface area contributed by atoms with Crippen LogP contribution in [0.2, 0.25) is 0 Å². The summed E-state index contributed by atoms with van der Waals surface area (Å²) in [7, 11) is 4.24. The third-order valence-corrected chi connectivity index (χ3v) is 5.67. The van der Waals surface area contributed by atoms with Crippen LogP contribution in [-0.4, -0.2) is 67.6 Å². The van der Waals surface area contributed by atoms with Crippen molar-refractivity contribution in [1.29, 1.82) is 0 Å². The molecule has 0 amide bonds. The molecule has 2 aliphatic rings. The van der Waals surface area contributed by atoms with Crippen LogP contribution in [0.3, 0.4) is 0 Å². The van der Waals surface area contributed by atoms with Crippen molar-refractivity contribution in [3.05, 3.63) is 24.9 Å². The lowest BCUT2D eigenvalue weighted by Gasteiger charge is -2.32. The highest BCUT2D eigenvalue weighted by molar-refractivity contribution is 5.00. The maximum atomic E-state index is 4.30. The van der Waals surface area contributed by atoms with E-state index in [1.54, 1.807) is 0 Å². The molecule has 1 saturated carbocycles. The minimum absolute atomic E-state index is 0.613. The van der Waals surface area contributed by atoms with E-state index in [1.807, 2.05) is 0 Å². The van der Waals surface area contributed by atoms with Crippen molar-refractivity contribution in [3.8, 4) is 0 Å². The lowest BCUT2D eigenvalue weighted by Crippen LogP contribution is -2.38. The summed E-state index contributed by atoms with van der Waals surface area (Å²) in [6.07, 6.45) is 9.18. The minimum atomic E-state index is 0.613. The molecule has 0 aromatic carbocycles. The van der Waals surface area contributed by atoms with Gasteiger partial charge in [0.25, 0.3) is 0 Å². The molecule has 2 rings (SSSR count). The van der Waals surface area contributed by atoms with Gasteiger partial charge in [-0.25, -0.2) is 0 Å². The van der Waals surface area contributed by atoms with E-state index in [1.165, 1.54) is 50.9 Å². The summed E-state index contributed by atoms with van der Waals surface area (Å²) in [5, 5.41) is 0. The fraction of sp³-hybridized carbons (Fsp3) is 0.800. The average Bonchev–Trinajstić information content (AvgIpc) is 3.17. The third kappa shape index (κ3) is 5.09. The summed E-state index contributed by atoms with van der Waals surface area (Å²) in [5.74, 6) is 1.63. The molecule has 0 spiro atoms. The maximum Gasteiger partial charge on any atom is 0.0371 e. The van der Waals surface area contributed by atoms with Gasteiger partial charge in [-0.2, -0.15) is 0 Å². The standard InChI is InChI=1S/C20H37N3/c1-6-20(19-10-8-9-11-19)23-13-12-18(16-23)15-22(7-2)17(3)14-21(4)5/h6,18-20H,1,3,7-16H2,2,4-5H3. The van der Waals surface area contributed by atoms with E-state index < -0.39 is 0 Å². The van der Waals surface area contributed by atoms with Crippen LogP contribution in [0.15, 0.2) is 24.9 Å². The Morgan fingerprint density at radius 3 is 2.52 bits per heavy atom. The SMILES string of the molecule is C=CC(C1CCCC1)N1CCC(CN(CC)C(=C)CN(C)C)C1. The van der Waals surface area contributed by atoms with Crippen LogP contribution in [0.4, 0.5) is 0 Å². The van der Waals surface area contributed by atoms with E-state index in [2.05, 4.69) is 55.0 Å². The number of rotatable bonds is 9. The van der Waals surface area contributed by atoms with E-state index in [-0.39, 0.29) is 0 Å². The molecule has 1 saturated heterocycles. The molecule has 2 atom stereocenters. The minimum Gasteiger partial charge on any atom is -0.374 e. The van der Waals surface area contributed by atoms with E-state index >= 15 is 0 Å². The van der Waals surface area contributed by atoms with Gasteiger partial charge in [0.2, 0.25) is 0 Å². The molecule has 0 bridgehead atoms. The second kappa shape index (κ2) is 8.89. The van der Waals surface area contributed by atoms with Gasteiger partial charge in [0.05, 0.1) is 0 Å². The molecule has 1 aliphatic carbocycles. The zero-order valence-corrected chi connectivity index (χ0v) is 15.6.